The van der Waals surface area contributed by atoms with Crippen molar-refractivity contribution in [3.05, 3.63) is 76.9 Å². The van der Waals surface area contributed by atoms with Crippen LogP contribution < -0.4 is 9.64 Å². The number of ether oxygens (including phenoxy) is 1. The van der Waals surface area contributed by atoms with Gasteiger partial charge in [-0.2, -0.15) is 5.10 Å². The predicted molar refractivity (Wildman–Crippen MR) is 144 cm³/mol. The Morgan fingerprint density at radius 1 is 1.05 bits per heavy atom. The Balaban J connectivity index is 0.00000164. The van der Waals surface area contributed by atoms with Crippen molar-refractivity contribution >= 4 is 23.2 Å². The Kier molecular flexibility index (Phi) is 8.47. The summed E-state index contributed by atoms with van der Waals surface area (Å²) < 4.78 is 7.15. The molecule has 3 aromatic heterocycles. The zero-order valence-corrected chi connectivity index (χ0v) is 21.8. The molecule has 1 amide bonds. The normalized spacial score (nSPS) is 13.1. The number of anilines is 1. The molecule has 5 rings (SSSR count). The zero-order valence-electron chi connectivity index (χ0n) is 21.8. The van der Waals surface area contributed by atoms with Crippen molar-refractivity contribution in [2.24, 2.45) is 0 Å². The van der Waals surface area contributed by atoms with Crippen LogP contribution in [0.1, 0.15) is 32.9 Å². The van der Waals surface area contributed by atoms with Gasteiger partial charge in [-0.3, -0.25) is 15.1 Å². The van der Waals surface area contributed by atoms with Crippen molar-refractivity contribution in [3.63, 3.8) is 0 Å². The molecule has 0 N–H and O–H groups in total. The molecule has 0 atom stereocenters. The van der Waals surface area contributed by atoms with E-state index in [1.165, 1.54) is 24.3 Å². The summed E-state index contributed by atoms with van der Waals surface area (Å²) in [5.41, 5.74) is 3.72. The van der Waals surface area contributed by atoms with E-state index < -0.39 is 11.0 Å². The van der Waals surface area contributed by atoms with E-state index in [2.05, 4.69) is 28.0 Å². The number of carbonyl (C=O) groups is 1. The highest BCUT2D eigenvalue weighted by molar-refractivity contribution is 5.79. The zero-order chi connectivity index (χ0) is 27.1. The van der Waals surface area contributed by atoms with Gasteiger partial charge in [0.1, 0.15) is 11.6 Å². The average molecular weight is 518 g/mol. The third-order valence-corrected chi connectivity index (χ3v) is 6.14. The van der Waals surface area contributed by atoms with Crippen molar-refractivity contribution in [2.45, 2.75) is 33.6 Å². The number of nitro benzene ring substituents is 1. The number of rotatable bonds is 6. The van der Waals surface area contributed by atoms with E-state index in [0.29, 0.717) is 26.2 Å². The highest BCUT2D eigenvalue weighted by Gasteiger charge is 2.24. The van der Waals surface area contributed by atoms with Crippen LogP contribution in [0.5, 0.6) is 5.75 Å². The summed E-state index contributed by atoms with van der Waals surface area (Å²) in [6, 6.07) is 11.4. The van der Waals surface area contributed by atoms with Gasteiger partial charge in [0.15, 0.2) is 5.65 Å². The smallest absolute Gasteiger partial charge is 0.410 e. The van der Waals surface area contributed by atoms with Gasteiger partial charge in [-0.05, 0) is 30.7 Å². The van der Waals surface area contributed by atoms with E-state index in [4.69, 9.17) is 9.72 Å². The average Bonchev–Trinajstić information content (AvgIpc) is 3.38. The van der Waals surface area contributed by atoms with Gasteiger partial charge in [0.25, 0.3) is 5.69 Å². The molecule has 38 heavy (non-hydrogen) atoms. The standard InChI is InChI=1S/C25H25N7O4.C2H6/c1-2-4-22-20(5-3-11-26-22)21-17-27-31-12-10-23(28-24(21)31)29-13-15-30(16-14-29)25(33)36-19-8-6-18(7-9-19)32(34)35;1-2/h3,5-12,17H,2,4,13-16H2,1H3;1-2H3. The first kappa shape index (κ1) is 26.5. The second-order valence-corrected chi connectivity index (χ2v) is 8.45. The molecule has 11 heteroatoms. The van der Waals surface area contributed by atoms with Crippen molar-refractivity contribution in [1.82, 2.24) is 24.5 Å². The molecule has 0 aliphatic carbocycles. The predicted octanol–water partition coefficient (Wildman–Crippen LogP) is 5.00. The van der Waals surface area contributed by atoms with E-state index in [9.17, 15) is 14.9 Å². The maximum absolute atomic E-state index is 12.6. The fourth-order valence-electron chi connectivity index (χ4n) is 4.26. The second-order valence-electron chi connectivity index (χ2n) is 8.45. The quantitative estimate of drug-likeness (QED) is 0.259. The number of hydrogen-bond donors (Lipinski definition) is 0. The number of aryl methyl sites for hydroxylation is 1. The van der Waals surface area contributed by atoms with Gasteiger partial charge in [-0.1, -0.05) is 33.3 Å². The minimum atomic E-state index is -0.496. The van der Waals surface area contributed by atoms with E-state index in [-0.39, 0.29) is 11.4 Å². The van der Waals surface area contributed by atoms with Gasteiger partial charge in [0.2, 0.25) is 0 Å². The maximum Gasteiger partial charge on any atom is 0.415 e. The third kappa shape index (κ3) is 5.72. The lowest BCUT2D eigenvalue weighted by Gasteiger charge is -2.34. The van der Waals surface area contributed by atoms with Crippen LogP contribution in [0.15, 0.2) is 61.1 Å². The van der Waals surface area contributed by atoms with Crippen LogP contribution in [-0.2, 0) is 6.42 Å². The first-order chi connectivity index (χ1) is 18.5. The number of non-ortho nitro benzene ring substituents is 1. The molecule has 4 heterocycles. The molecule has 11 nitrogen and oxygen atoms in total. The monoisotopic (exact) mass is 517 g/mol. The molecule has 1 saturated heterocycles. The number of nitro groups is 1. The van der Waals surface area contributed by atoms with Crippen LogP contribution >= 0.6 is 0 Å². The van der Waals surface area contributed by atoms with E-state index in [1.54, 1.807) is 9.42 Å². The van der Waals surface area contributed by atoms with Crippen LogP contribution in [-0.4, -0.2) is 61.7 Å². The number of aromatic nitrogens is 4. The highest BCUT2D eigenvalue weighted by Crippen LogP contribution is 2.28. The Hall–Kier alpha value is -4.54. The number of fused-ring (bicyclic) bond motifs is 1. The molecule has 0 radical (unpaired) electrons. The van der Waals surface area contributed by atoms with Gasteiger partial charge in [-0.25, -0.2) is 14.3 Å². The van der Waals surface area contributed by atoms with Gasteiger partial charge >= 0.3 is 6.09 Å². The lowest BCUT2D eigenvalue weighted by Crippen LogP contribution is -2.49. The number of pyridine rings is 1. The lowest BCUT2D eigenvalue weighted by molar-refractivity contribution is -0.384. The van der Waals surface area contributed by atoms with Crippen molar-refractivity contribution in [1.29, 1.82) is 0 Å². The molecule has 0 bridgehead atoms. The number of nitrogens with zero attached hydrogens (tertiary/aromatic N) is 7. The molecule has 198 valence electrons. The first-order valence-corrected chi connectivity index (χ1v) is 12.8. The molecular formula is C27H31N7O4. The molecule has 4 aromatic rings. The van der Waals surface area contributed by atoms with Crippen molar-refractivity contribution < 1.29 is 14.5 Å². The minimum absolute atomic E-state index is 0.0562. The molecule has 1 aliphatic rings. The third-order valence-electron chi connectivity index (χ3n) is 6.14. The SMILES string of the molecule is CC.CCCc1ncccc1-c1cnn2ccc(N3CCN(C(=O)Oc4ccc([N+](=O)[O-])cc4)CC3)nc12. The highest BCUT2D eigenvalue weighted by atomic mass is 16.6. The molecular weight excluding hydrogens is 486 g/mol. The Bertz CT molecular complexity index is 1400. The fraction of sp³-hybridized carbons (Fsp3) is 0.333. The van der Waals surface area contributed by atoms with E-state index >= 15 is 0 Å². The summed E-state index contributed by atoms with van der Waals surface area (Å²) in [6.45, 7) is 8.25. The number of amides is 1. The van der Waals surface area contributed by atoms with Gasteiger partial charge in [0.05, 0.1) is 11.1 Å². The summed E-state index contributed by atoms with van der Waals surface area (Å²) in [5.74, 6) is 1.08. The van der Waals surface area contributed by atoms with Crippen LogP contribution in [0, 0.1) is 10.1 Å². The Morgan fingerprint density at radius 2 is 1.79 bits per heavy atom. The van der Waals surface area contributed by atoms with E-state index in [1.807, 2.05) is 44.6 Å². The number of piperazine rings is 1. The molecule has 0 unspecified atom stereocenters. The van der Waals surface area contributed by atoms with Crippen molar-refractivity contribution in [3.8, 4) is 16.9 Å². The topological polar surface area (TPSA) is 119 Å². The summed E-state index contributed by atoms with van der Waals surface area (Å²) in [6.07, 6.45) is 6.93. The summed E-state index contributed by atoms with van der Waals surface area (Å²) in [7, 11) is 0. The number of benzene rings is 1. The summed E-state index contributed by atoms with van der Waals surface area (Å²) in [5, 5.41) is 15.3. The molecule has 0 spiro atoms. The molecule has 1 aliphatic heterocycles. The Labute approximate surface area is 220 Å². The lowest BCUT2D eigenvalue weighted by atomic mass is 10.0. The van der Waals surface area contributed by atoms with Gasteiger partial charge in [0, 0.05) is 67.5 Å². The number of hydrogen-bond acceptors (Lipinski definition) is 8. The second kappa shape index (κ2) is 12.1. The van der Waals surface area contributed by atoms with Crippen LogP contribution in [0.25, 0.3) is 16.8 Å². The molecule has 1 fully saturated rings. The first-order valence-electron chi connectivity index (χ1n) is 12.8. The molecule has 0 saturated carbocycles. The van der Waals surface area contributed by atoms with E-state index in [0.717, 1.165) is 41.1 Å². The van der Waals surface area contributed by atoms with Gasteiger partial charge < -0.3 is 14.5 Å². The summed E-state index contributed by atoms with van der Waals surface area (Å²) >= 11 is 0. The summed E-state index contributed by atoms with van der Waals surface area (Å²) in [4.78, 5) is 36.1. The number of carbonyl (C=O) groups excluding carboxylic acids is 1. The van der Waals surface area contributed by atoms with Crippen LogP contribution in [0.4, 0.5) is 16.3 Å². The largest absolute Gasteiger partial charge is 0.415 e. The van der Waals surface area contributed by atoms with Crippen molar-refractivity contribution in [2.75, 3.05) is 31.1 Å². The maximum atomic E-state index is 12.6. The Morgan fingerprint density at radius 3 is 2.47 bits per heavy atom. The fourth-order valence-corrected chi connectivity index (χ4v) is 4.26. The minimum Gasteiger partial charge on any atom is -0.410 e. The molecule has 1 aromatic carbocycles. The van der Waals surface area contributed by atoms with Gasteiger partial charge in [-0.15, -0.1) is 0 Å². The van der Waals surface area contributed by atoms with Crippen LogP contribution in [0.3, 0.4) is 0 Å². The van der Waals surface area contributed by atoms with Crippen LogP contribution in [0.2, 0.25) is 0 Å².